The highest BCUT2D eigenvalue weighted by atomic mass is 16.5. The first-order chi connectivity index (χ1) is 8.63. The van der Waals surface area contributed by atoms with Crippen molar-refractivity contribution in [3.8, 4) is 11.5 Å². The quantitative estimate of drug-likeness (QED) is 0.816. The van der Waals surface area contributed by atoms with Gasteiger partial charge in [-0.15, -0.1) is 0 Å². The normalized spacial score (nSPS) is 19.7. The van der Waals surface area contributed by atoms with Crippen LogP contribution in [0.15, 0.2) is 18.2 Å². The summed E-state index contributed by atoms with van der Waals surface area (Å²) in [6, 6.07) is 4.87. The molecule has 5 nitrogen and oxygen atoms in total. The standard InChI is InChI=1S/C13H18N2O3/c1-9-8-14-5-6-15(9)13(17)11-4-3-10(18-2)7-12(11)16/h3-4,7,9,14,16H,5-6,8H2,1-2H3/t9-/m1/s1. The lowest BCUT2D eigenvalue weighted by Gasteiger charge is -2.34. The third-order valence-electron chi connectivity index (χ3n) is 3.20. The monoisotopic (exact) mass is 250 g/mol. The fraction of sp³-hybridized carbons (Fsp3) is 0.462. The van der Waals surface area contributed by atoms with Crippen LogP contribution in [0, 0.1) is 0 Å². The number of aromatic hydroxyl groups is 1. The van der Waals surface area contributed by atoms with Crippen molar-refractivity contribution >= 4 is 5.91 Å². The molecular weight excluding hydrogens is 232 g/mol. The van der Waals surface area contributed by atoms with Gasteiger partial charge in [0.05, 0.1) is 12.7 Å². The van der Waals surface area contributed by atoms with E-state index in [1.807, 2.05) is 6.92 Å². The van der Waals surface area contributed by atoms with Gasteiger partial charge in [0.1, 0.15) is 11.5 Å². The van der Waals surface area contributed by atoms with E-state index in [-0.39, 0.29) is 17.7 Å². The minimum absolute atomic E-state index is 0.0370. The van der Waals surface area contributed by atoms with Crippen LogP contribution in [-0.2, 0) is 0 Å². The van der Waals surface area contributed by atoms with E-state index in [1.54, 1.807) is 17.0 Å². The smallest absolute Gasteiger partial charge is 0.257 e. The second-order valence-corrected chi connectivity index (χ2v) is 4.43. The number of amides is 1. The number of nitrogens with one attached hydrogen (secondary N) is 1. The first-order valence-corrected chi connectivity index (χ1v) is 6.02. The second kappa shape index (κ2) is 5.27. The minimum Gasteiger partial charge on any atom is -0.507 e. The van der Waals surface area contributed by atoms with Crippen molar-refractivity contribution in [2.24, 2.45) is 0 Å². The molecule has 18 heavy (non-hydrogen) atoms. The van der Waals surface area contributed by atoms with E-state index in [2.05, 4.69) is 5.32 Å². The van der Waals surface area contributed by atoms with Crippen LogP contribution in [0.25, 0.3) is 0 Å². The average molecular weight is 250 g/mol. The zero-order valence-electron chi connectivity index (χ0n) is 10.6. The summed E-state index contributed by atoms with van der Waals surface area (Å²) in [5, 5.41) is 13.1. The first kappa shape index (κ1) is 12.7. The Balaban J connectivity index is 2.22. The van der Waals surface area contributed by atoms with Crippen LogP contribution in [0.4, 0.5) is 0 Å². The van der Waals surface area contributed by atoms with Crippen molar-refractivity contribution < 1.29 is 14.6 Å². The molecule has 1 atom stereocenters. The predicted octanol–water partition coefficient (Wildman–Crippen LogP) is 0.835. The molecule has 1 aliphatic rings. The number of nitrogens with zero attached hydrogens (tertiary/aromatic N) is 1. The van der Waals surface area contributed by atoms with Gasteiger partial charge in [-0.05, 0) is 19.1 Å². The number of methoxy groups -OCH3 is 1. The Kier molecular flexibility index (Phi) is 3.72. The molecule has 0 aromatic heterocycles. The summed E-state index contributed by atoms with van der Waals surface area (Å²) in [4.78, 5) is 14.1. The fourth-order valence-electron chi connectivity index (χ4n) is 2.12. The zero-order valence-corrected chi connectivity index (χ0v) is 10.6. The molecule has 98 valence electrons. The molecule has 5 heteroatoms. The molecule has 0 bridgehead atoms. The third-order valence-corrected chi connectivity index (χ3v) is 3.20. The van der Waals surface area contributed by atoms with Crippen molar-refractivity contribution in [2.75, 3.05) is 26.7 Å². The van der Waals surface area contributed by atoms with Crippen LogP contribution in [0.2, 0.25) is 0 Å². The maximum atomic E-state index is 12.3. The largest absolute Gasteiger partial charge is 0.507 e. The number of carbonyl (C=O) groups is 1. The molecule has 1 heterocycles. The number of phenols is 1. The Morgan fingerprint density at radius 1 is 1.56 bits per heavy atom. The van der Waals surface area contributed by atoms with Gasteiger partial charge >= 0.3 is 0 Å². The predicted molar refractivity (Wildman–Crippen MR) is 68.0 cm³/mol. The molecule has 2 N–H and O–H groups in total. The number of benzene rings is 1. The van der Waals surface area contributed by atoms with Gasteiger partial charge in [-0.1, -0.05) is 0 Å². The summed E-state index contributed by atoms with van der Waals surface area (Å²) in [6.07, 6.45) is 0. The Labute approximate surface area is 106 Å². The summed E-state index contributed by atoms with van der Waals surface area (Å²) < 4.78 is 5.00. The summed E-state index contributed by atoms with van der Waals surface area (Å²) >= 11 is 0. The van der Waals surface area contributed by atoms with E-state index in [0.29, 0.717) is 17.9 Å². The van der Waals surface area contributed by atoms with E-state index in [0.717, 1.165) is 13.1 Å². The van der Waals surface area contributed by atoms with Gasteiger partial charge in [-0.3, -0.25) is 4.79 Å². The van der Waals surface area contributed by atoms with E-state index in [9.17, 15) is 9.90 Å². The Morgan fingerprint density at radius 2 is 2.33 bits per heavy atom. The molecule has 0 aliphatic carbocycles. The minimum atomic E-state index is -0.135. The molecule has 1 amide bonds. The molecule has 0 radical (unpaired) electrons. The average Bonchev–Trinajstić information content (AvgIpc) is 2.38. The lowest BCUT2D eigenvalue weighted by molar-refractivity contribution is 0.0652. The molecular formula is C13H18N2O3. The lowest BCUT2D eigenvalue weighted by Crippen LogP contribution is -2.52. The number of hydrogen-bond acceptors (Lipinski definition) is 4. The number of phenolic OH excluding ortho intramolecular Hbond substituents is 1. The van der Waals surface area contributed by atoms with Crippen LogP contribution in [-0.4, -0.2) is 48.7 Å². The molecule has 1 aliphatic heterocycles. The zero-order chi connectivity index (χ0) is 13.1. The summed E-state index contributed by atoms with van der Waals surface area (Å²) in [5.41, 5.74) is 0.324. The van der Waals surface area contributed by atoms with Crippen molar-refractivity contribution in [2.45, 2.75) is 13.0 Å². The highest BCUT2D eigenvalue weighted by Gasteiger charge is 2.25. The van der Waals surface area contributed by atoms with Gasteiger partial charge < -0.3 is 20.1 Å². The molecule has 0 unspecified atom stereocenters. The van der Waals surface area contributed by atoms with Crippen LogP contribution in [0.3, 0.4) is 0 Å². The Bertz CT molecular complexity index is 448. The molecule has 2 rings (SSSR count). The maximum absolute atomic E-state index is 12.3. The molecule has 0 saturated carbocycles. The highest BCUT2D eigenvalue weighted by molar-refractivity contribution is 5.97. The number of rotatable bonds is 2. The molecule has 1 fully saturated rings. The number of piperazine rings is 1. The van der Waals surface area contributed by atoms with E-state index in [1.165, 1.54) is 13.2 Å². The topological polar surface area (TPSA) is 61.8 Å². The van der Waals surface area contributed by atoms with Gasteiger partial charge in [0, 0.05) is 31.7 Å². The van der Waals surface area contributed by atoms with Crippen LogP contribution < -0.4 is 10.1 Å². The Hall–Kier alpha value is -1.75. The van der Waals surface area contributed by atoms with E-state index in [4.69, 9.17) is 4.74 Å². The summed E-state index contributed by atoms with van der Waals surface area (Å²) in [7, 11) is 1.52. The molecule has 1 aromatic carbocycles. The lowest BCUT2D eigenvalue weighted by atomic mass is 10.1. The van der Waals surface area contributed by atoms with Crippen molar-refractivity contribution in [3.05, 3.63) is 23.8 Å². The van der Waals surface area contributed by atoms with Gasteiger partial charge in [-0.2, -0.15) is 0 Å². The van der Waals surface area contributed by atoms with Gasteiger partial charge in [0.25, 0.3) is 5.91 Å². The van der Waals surface area contributed by atoms with E-state index < -0.39 is 0 Å². The van der Waals surface area contributed by atoms with Crippen molar-refractivity contribution in [1.82, 2.24) is 10.2 Å². The van der Waals surface area contributed by atoms with Crippen LogP contribution in [0.1, 0.15) is 17.3 Å². The van der Waals surface area contributed by atoms with Crippen LogP contribution >= 0.6 is 0 Å². The molecule has 0 spiro atoms. The molecule has 1 saturated heterocycles. The Morgan fingerprint density at radius 3 is 2.94 bits per heavy atom. The maximum Gasteiger partial charge on any atom is 0.257 e. The third kappa shape index (κ3) is 2.41. The summed E-state index contributed by atoms with van der Waals surface area (Å²) in [5.74, 6) is 0.367. The SMILES string of the molecule is COc1ccc(C(=O)N2CCNC[C@H]2C)c(O)c1. The van der Waals surface area contributed by atoms with Gasteiger partial charge in [0.2, 0.25) is 0 Å². The fourth-order valence-corrected chi connectivity index (χ4v) is 2.12. The van der Waals surface area contributed by atoms with Crippen molar-refractivity contribution in [1.29, 1.82) is 0 Å². The highest BCUT2D eigenvalue weighted by Crippen LogP contribution is 2.25. The number of ether oxygens (including phenoxy) is 1. The summed E-state index contributed by atoms with van der Waals surface area (Å²) in [6.45, 7) is 4.21. The molecule has 1 aromatic rings. The van der Waals surface area contributed by atoms with Gasteiger partial charge in [0.15, 0.2) is 0 Å². The first-order valence-electron chi connectivity index (χ1n) is 6.02. The van der Waals surface area contributed by atoms with E-state index >= 15 is 0 Å². The van der Waals surface area contributed by atoms with Gasteiger partial charge in [-0.25, -0.2) is 0 Å². The number of hydrogen-bond donors (Lipinski definition) is 2. The second-order valence-electron chi connectivity index (χ2n) is 4.43. The van der Waals surface area contributed by atoms with Crippen molar-refractivity contribution in [3.63, 3.8) is 0 Å². The van der Waals surface area contributed by atoms with Crippen LogP contribution in [0.5, 0.6) is 11.5 Å². The number of carbonyl (C=O) groups excluding carboxylic acids is 1.